The molecule has 0 unspecified atom stereocenters. The average Bonchev–Trinajstić information content (AvgIpc) is 2.63. The summed E-state index contributed by atoms with van der Waals surface area (Å²) in [6.45, 7) is 0.875. The lowest BCUT2D eigenvalue weighted by atomic mass is 9.90. The summed E-state index contributed by atoms with van der Waals surface area (Å²) in [7, 11) is 0. The van der Waals surface area contributed by atoms with Crippen LogP contribution >= 0.6 is 0 Å². The third kappa shape index (κ3) is 2.63. The van der Waals surface area contributed by atoms with Crippen molar-refractivity contribution in [1.29, 1.82) is 5.26 Å². The van der Waals surface area contributed by atoms with Crippen molar-refractivity contribution < 1.29 is 4.79 Å². The van der Waals surface area contributed by atoms with Gasteiger partial charge in [-0.2, -0.15) is 5.26 Å². The second-order valence-corrected chi connectivity index (χ2v) is 6.49. The van der Waals surface area contributed by atoms with Crippen LogP contribution in [0.15, 0.2) is 36.4 Å². The summed E-state index contributed by atoms with van der Waals surface area (Å²) < 4.78 is 0. The highest BCUT2D eigenvalue weighted by molar-refractivity contribution is 6.02. The van der Waals surface area contributed by atoms with Crippen LogP contribution in [0.4, 0.5) is 11.4 Å². The van der Waals surface area contributed by atoms with Gasteiger partial charge in [-0.25, -0.2) is 0 Å². The number of carbonyl (C=O) groups excluding carboxylic acids is 1. The molecular weight excluding hydrogens is 298 g/mol. The first kappa shape index (κ1) is 14.8. The number of nitriles is 1. The molecular formula is C20H19N3O. The molecule has 24 heavy (non-hydrogen) atoms. The van der Waals surface area contributed by atoms with Crippen molar-refractivity contribution in [3.05, 3.63) is 58.7 Å². The van der Waals surface area contributed by atoms with Crippen molar-refractivity contribution in [2.45, 2.75) is 32.2 Å². The number of hydrogen-bond donors (Lipinski definition) is 1. The van der Waals surface area contributed by atoms with E-state index in [0.717, 1.165) is 29.8 Å². The Kier molecular flexibility index (Phi) is 3.70. The van der Waals surface area contributed by atoms with Gasteiger partial charge >= 0.3 is 0 Å². The molecule has 2 aliphatic rings. The largest absolute Gasteiger partial charge is 0.374 e. The van der Waals surface area contributed by atoms with Crippen LogP contribution in [0.3, 0.4) is 0 Å². The summed E-state index contributed by atoms with van der Waals surface area (Å²) in [6.07, 6.45) is 4.71. The first-order valence-corrected chi connectivity index (χ1v) is 8.44. The molecule has 4 heteroatoms. The maximum Gasteiger partial charge on any atom is 0.246 e. The van der Waals surface area contributed by atoms with E-state index in [-0.39, 0.29) is 5.91 Å². The summed E-state index contributed by atoms with van der Waals surface area (Å²) in [6, 6.07) is 14.0. The van der Waals surface area contributed by atoms with Crippen LogP contribution in [0.5, 0.6) is 0 Å². The fourth-order valence-corrected chi connectivity index (χ4v) is 3.58. The molecule has 4 rings (SSSR count). The van der Waals surface area contributed by atoms with Gasteiger partial charge in [0.15, 0.2) is 0 Å². The van der Waals surface area contributed by atoms with Crippen molar-refractivity contribution >= 4 is 17.3 Å². The standard InChI is InChI=1S/C20H19N3O/c21-11-14-5-7-15(8-6-14)13-23-19-10-17-4-2-1-3-16(17)9-18(19)22-12-20(23)24/h5-10,22H,1-4,12-13H2. The van der Waals surface area contributed by atoms with Gasteiger partial charge in [-0.15, -0.1) is 0 Å². The number of hydrogen-bond acceptors (Lipinski definition) is 3. The molecule has 1 amide bonds. The minimum Gasteiger partial charge on any atom is -0.374 e. The third-order valence-corrected chi connectivity index (χ3v) is 4.91. The van der Waals surface area contributed by atoms with Crippen LogP contribution in [0, 0.1) is 11.3 Å². The second kappa shape index (κ2) is 6.01. The van der Waals surface area contributed by atoms with Crippen molar-refractivity contribution in [2.24, 2.45) is 0 Å². The Morgan fingerprint density at radius 1 is 1.08 bits per heavy atom. The number of anilines is 2. The highest BCUT2D eigenvalue weighted by Gasteiger charge is 2.26. The lowest BCUT2D eigenvalue weighted by Gasteiger charge is -2.32. The quantitative estimate of drug-likeness (QED) is 0.923. The SMILES string of the molecule is N#Cc1ccc(CN2C(=O)CNc3cc4c(cc32)CCCC4)cc1. The molecule has 1 heterocycles. The maximum absolute atomic E-state index is 12.5. The van der Waals surface area contributed by atoms with Crippen molar-refractivity contribution in [1.82, 2.24) is 0 Å². The maximum atomic E-state index is 12.5. The van der Waals surface area contributed by atoms with Crippen LogP contribution in [-0.4, -0.2) is 12.5 Å². The molecule has 120 valence electrons. The minimum atomic E-state index is 0.0858. The van der Waals surface area contributed by atoms with E-state index in [4.69, 9.17) is 5.26 Å². The van der Waals surface area contributed by atoms with E-state index in [9.17, 15) is 4.79 Å². The first-order valence-electron chi connectivity index (χ1n) is 8.44. The molecule has 2 aromatic carbocycles. The Balaban J connectivity index is 1.68. The van der Waals surface area contributed by atoms with Crippen LogP contribution in [-0.2, 0) is 24.2 Å². The lowest BCUT2D eigenvalue weighted by Crippen LogP contribution is -2.39. The number of rotatable bonds is 2. The van der Waals surface area contributed by atoms with Gasteiger partial charge in [0.2, 0.25) is 5.91 Å². The van der Waals surface area contributed by atoms with E-state index >= 15 is 0 Å². The van der Waals surface area contributed by atoms with Gasteiger partial charge in [0.25, 0.3) is 0 Å². The van der Waals surface area contributed by atoms with Crippen molar-refractivity contribution in [3.63, 3.8) is 0 Å². The summed E-state index contributed by atoms with van der Waals surface area (Å²) in [5.74, 6) is 0.0858. The molecule has 0 bridgehead atoms. The number of nitrogens with one attached hydrogen (secondary N) is 1. The number of fused-ring (bicyclic) bond motifs is 2. The summed E-state index contributed by atoms with van der Waals surface area (Å²) in [4.78, 5) is 14.3. The van der Waals surface area contributed by atoms with Crippen molar-refractivity contribution in [2.75, 3.05) is 16.8 Å². The second-order valence-electron chi connectivity index (χ2n) is 6.49. The van der Waals surface area contributed by atoms with Crippen LogP contribution in [0.1, 0.15) is 35.1 Å². The highest BCUT2D eigenvalue weighted by atomic mass is 16.2. The predicted molar refractivity (Wildman–Crippen MR) is 93.9 cm³/mol. The lowest BCUT2D eigenvalue weighted by molar-refractivity contribution is -0.117. The van der Waals surface area contributed by atoms with Crippen LogP contribution in [0.2, 0.25) is 0 Å². The fourth-order valence-electron chi connectivity index (χ4n) is 3.58. The molecule has 0 spiro atoms. The Morgan fingerprint density at radius 3 is 2.50 bits per heavy atom. The topological polar surface area (TPSA) is 56.1 Å². The zero-order chi connectivity index (χ0) is 16.5. The van der Waals surface area contributed by atoms with E-state index in [2.05, 4.69) is 23.5 Å². The summed E-state index contributed by atoms with van der Waals surface area (Å²) in [5.41, 5.74) is 6.51. The fraction of sp³-hybridized carbons (Fsp3) is 0.300. The summed E-state index contributed by atoms with van der Waals surface area (Å²) >= 11 is 0. The number of benzene rings is 2. The zero-order valence-electron chi connectivity index (χ0n) is 13.5. The monoisotopic (exact) mass is 317 g/mol. The number of amides is 1. The zero-order valence-corrected chi connectivity index (χ0v) is 13.5. The first-order chi connectivity index (χ1) is 11.7. The predicted octanol–water partition coefficient (Wildman–Crippen LogP) is 3.40. The van der Waals surface area contributed by atoms with E-state index in [0.29, 0.717) is 18.7 Å². The molecule has 0 fully saturated rings. The Labute approximate surface area is 141 Å². The molecule has 1 aliphatic carbocycles. The summed E-state index contributed by atoms with van der Waals surface area (Å²) in [5, 5.41) is 12.2. The average molecular weight is 317 g/mol. The number of carbonyl (C=O) groups is 1. The molecule has 1 N–H and O–H groups in total. The Hall–Kier alpha value is -2.80. The molecule has 4 nitrogen and oxygen atoms in total. The number of aryl methyl sites for hydroxylation is 2. The normalized spacial score (nSPS) is 16.0. The van der Waals surface area contributed by atoms with Gasteiger partial charge in [-0.3, -0.25) is 4.79 Å². The van der Waals surface area contributed by atoms with Gasteiger partial charge in [0.1, 0.15) is 0 Å². The van der Waals surface area contributed by atoms with E-state index in [1.54, 1.807) is 12.1 Å². The highest BCUT2D eigenvalue weighted by Crippen LogP contribution is 2.36. The molecule has 1 aliphatic heterocycles. The molecule has 2 aromatic rings. The third-order valence-electron chi connectivity index (χ3n) is 4.91. The molecule has 0 radical (unpaired) electrons. The smallest absolute Gasteiger partial charge is 0.246 e. The molecule has 0 saturated carbocycles. The van der Waals surface area contributed by atoms with Gasteiger partial charge in [-0.05, 0) is 66.6 Å². The van der Waals surface area contributed by atoms with Gasteiger partial charge in [-0.1, -0.05) is 12.1 Å². The van der Waals surface area contributed by atoms with Gasteiger partial charge in [0, 0.05) is 0 Å². The van der Waals surface area contributed by atoms with E-state index < -0.39 is 0 Å². The Morgan fingerprint density at radius 2 is 1.79 bits per heavy atom. The Bertz CT molecular complexity index is 833. The van der Waals surface area contributed by atoms with E-state index in [1.807, 2.05) is 17.0 Å². The van der Waals surface area contributed by atoms with Crippen LogP contribution < -0.4 is 10.2 Å². The molecule has 0 saturated heterocycles. The number of nitrogens with zero attached hydrogens (tertiary/aromatic N) is 2. The minimum absolute atomic E-state index is 0.0858. The van der Waals surface area contributed by atoms with Gasteiger partial charge < -0.3 is 10.2 Å². The van der Waals surface area contributed by atoms with E-state index in [1.165, 1.54) is 24.0 Å². The van der Waals surface area contributed by atoms with Crippen molar-refractivity contribution in [3.8, 4) is 6.07 Å². The van der Waals surface area contributed by atoms with Crippen LogP contribution in [0.25, 0.3) is 0 Å². The molecule has 0 aromatic heterocycles. The molecule has 0 atom stereocenters. The van der Waals surface area contributed by atoms with Gasteiger partial charge in [0.05, 0.1) is 36.1 Å².